The number of ketones is 1. The molecule has 42 heavy (non-hydrogen) atoms. The Hall–Kier alpha value is -1.28. The fraction of sp³-hybridized carbons (Fsp3) is 0.886. The highest BCUT2D eigenvalue weighted by molar-refractivity contribution is 5.90. The Morgan fingerprint density at radius 3 is 1.83 bits per heavy atom. The third-order valence-electron chi connectivity index (χ3n) is 8.94. The quantitative estimate of drug-likeness (QED) is 0.0713. The molecular weight excluding hydrogens is 532 g/mol. The Balaban J connectivity index is 1.42. The molecule has 0 radical (unpaired) electrons. The van der Waals surface area contributed by atoms with E-state index in [-0.39, 0.29) is 30.1 Å². The molecule has 0 amide bonds. The number of carbonyl (C=O) groups is 2. The Bertz CT molecular complexity index is 766. The highest BCUT2D eigenvalue weighted by atomic mass is 16.5. The number of aliphatic hydroxyl groups excluding tert-OH is 3. The molecule has 1 saturated heterocycles. The van der Waals surface area contributed by atoms with Crippen molar-refractivity contribution in [1.82, 2.24) is 0 Å². The van der Waals surface area contributed by atoms with Crippen LogP contribution in [0.1, 0.15) is 162 Å². The summed E-state index contributed by atoms with van der Waals surface area (Å²) < 4.78 is 11.1. The van der Waals surface area contributed by atoms with E-state index in [1.54, 1.807) is 6.08 Å². The van der Waals surface area contributed by atoms with Gasteiger partial charge in [-0.15, -0.1) is 0 Å². The van der Waals surface area contributed by atoms with Crippen LogP contribution in [-0.2, 0) is 19.1 Å². The Morgan fingerprint density at radius 2 is 1.26 bits per heavy atom. The molecule has 0 aromatic rings. The molecule has 3 N–H and O–H groups in total. The summed E-state index contributed by atoms with van der Waals surface area (Å²) in [4.78, 5) is 23.9. The van der Waals surface area contributed by atoms with E-state index >= 15 is 0 Å². The maximum atomic E-state index is 12.3. The van der Waals surface area contributed by atoms with Gasteiger partial charge >= 0.3 is 5.97 Å². The van der Waals surface area contributed by atoms with Gasteiger partial charge in [-0.05, 0) is 57.9 Å². The fourth-order valence-corrected chi connectivity index (χ4v) is 6.29. The Morgan fingerprint density at radius 1 is 0.762 bits per heavy atom. The molecule has 0 aromatic heterocycles. The van der Waals surface area contributed by atoms with Crippen LogP contribution in [0.15, 0.2) is 11.6 Å². The largest absolute Gasteiger partial charge is 0.455 e. The number of ether oxygens (including phenoxy) is 2. The van der Waals surface area contributed by atoms with Crippen LogP contribution in [0.3, 0.4) is 0 Å². The van der Waals surface area contributed by atoms with Crippen LogP contribution in [-0.4, -0.2) is 63.7 Å². The van der Waals surface area contributed by atoms with Crippen LogP contribution >= 0.6 is 0 Å². The van der Waals surface area contributed by atoms with Gasteiger partial charge in [0.2, 0.25) is 0 Å². The van der Waals surface area contributed by atoms with Crippen molar-refractivity contribution in [3.8, 4) is 0 Å². The third-order valence-corrected chi connectivity index (χ3v) is 8.94. The number of aliphatic hydroxyl groups is 3. The lowest BCUT2D eigenvalue weighted by Gasteiger charge is -2.22. The zero-order valence-corrected chi connectivity index (χ0v) is 26.8. The summed E-state index contributed by atoms with van der Waals surface area (Å²) in [6.45, 7) is 4.06. The lowest BCUT2D eigenvalue weighted by molar-refractivity contribution is -0.139. The van der Waals surface area contributed by atoms with E-state index in [0.717, 1.165) is 51.4 Å². The SMILES string of the molecule is CCCCCCCCCCCC[C@@H](O)[C@H]1CC[C@H]([C@H](O)CCCC(=O)CCCCCC[C@@H](O)CC2=C[C@H](C)OC2=O)O1. The molecule has 0 bridgehead atoms. The molecule has 6 atom stereocenters. The summed E-state index contributed by atoms with van der Waals surface area (Å²) in [6, 6.07) is 0. The van der Waals surface area contributed by atoms with E-state index in [1.165, 1.54) is 57.8 Å². The van der Waals surface area contributed by atoms with Gasteiger partial charge in [0, 0.05) is 24.8 Å². The summed E-state index contributed by atoms with van der Waals surface area (Å²) in [6.07, 6.45) is 21.6. The molecule has 1 fully saturated rings. The van der Waals surface area contributed by atoms with Gasteiger partial charge in [-0.3, -0.25) is 4.79 Å². The molecule has 0 aliphatic carbocycles. The van der Waals surface area contributed by atoms with Crippen LogP contribution in [0.4, 0.5) is 0 Å². The summed E-state index contributed by atoms with van der Waals surface area (Å²) in [5.74, 6) is -0.0821. The average molecular weight is 595 g/mol. The van der Waals surface area contributed by atoms with Gasteiger partial charge in [0.1, 0.15) is 11.9 Å². The van der Waals surface area contributed by atoms with Gasteiger partial charge < -0.3 is 24.8 Å². The maximum Gasteiger partial charge on any atom is 0.334 e. The topological polar surface area (TPSA) is 113 Å². The van der Waals surface area contributed by atoms with Crippen LogP contribution in [0.5, 0.6) is 0 Å². The van der Waals surface area contributed by atoms with Crippen molar-refractivity contribution < 1.29 is 34.4 Å². The first-order valence-corrected chi connectivity index (χ1v) is 17.4. The molecule has 2 heterocycles. The van der Waals surface area contributed by atoms with Gasteiger partial charge in [0.05, 0.1) is 30.5 Å². The van der Waals surface area contributed by atoms with Crippen LogP contribution in [0.25, 0.3) is 0 Å². The first kappa shape index (κ1) is 36.9. The number of esters is 1. The predicted octanol–water partition coefficient (Wildman–Crippen LogP) is 7.27. The van der Waals surface area contributed by atoms with Crippen molar-refractivity contribution in [2.45, 2.75) is 198 Å². The first-order chi connectivity index (χ1) is 20.3. The zero-order valence-electron chi connectivity index (χ0n) is 26.8. The molecule has 0 unspecified atom stereocenters. The second-order valence-electron chi connectivity index (χ2n) is 12.9. The second kappa shape index (κ2) is 22.3. The highest BCUT2D eigenvalue weighted by Gasteiger charge is 2.34. The molecule has 7 heteroatoms. The smallest absolute Gasteiger partial charge is 0.334 e. The molecule has 2 aliphatic rings. The number of Topliss-reactive ketones (excluding diaryl/α,β-unsaturated/α-hetero) is 1. The number of carbonyl (C=O) groups excluding carboxylic acids is 2. The Labute approximate surface area is 255 Å². The normalized spacial score (nSPS) is 22.6. The van der Waals surface area contributed by atoms with E-state index in [0.29, 0.717) is 44.1 Å². The molecule has 0 spiro atoms. The summed E-state index contributed by atoms with van der Waals surface area (Å²) >= 11 is 0. The number of hydrogen-bond donors (Lipinski definition) is 3. The van der Waals surface area contributed by atoms with Crippen molar-refractivity contribution in [2.75, 3.05) is 0 Å². The minimum absolute atomic E-state index is 0.175. The standard InChI is InChI=1S/C35H62O7/c1-3-4-5-6-7-8-9-10-11-16-21-31(38)33-23-24-34(42-33)32(39)22-17-20-29(36)18-14-12-13-15-19-30(37)26-28-25-27(2)41-35(28)40/h25,27,30-34,37-39H,3-24,26H2,1-2H3/t27-,30+,31+,32+,33+,34+/m0/s1. The van der Waals surface area contributed by atoms with E-state index in [2.05, 4.69) is 6.92 Å². The van der Waals surface area contributed by atoms with Crippen LogP contribution in [0.2, 0.25) is 0 Å². The van der Waals surface area contributed by atoms with Crippen LogP contribution in [0, 0.1) is 0 Å². The van der Waals surface area contributed by atoms with E-state index < -0.39 is 18.3 Å². The van der Waals surface area contributed by atoms with E-state index in [4.69, 9.17) is 9.47 Å². The lowest BCUT2D eigenvalue weighted by Crippen LogP contribution is -2.31. The molecule has 0 aromatic carbocycles. The number of hydrogen-bond acceptors (Lipinski definition) is 7. The number of rotatable bonds is 26. The number of unbranched alkanes of at least 4 members (excludes halogenated alkanes) is 12. The van der Waals surface area contributed by atoms with Crippen molar-refractivity contribution >= 4 is 11.8 Å². The molecular formula is C35H62O7. The van der Waals surface area contributed by atoms with Crippen molar-refractivity contribution in [1.29, 1.82) is 0 Å². The lowest BCUT2D eigenvalue weighted by atomic mass is 9.99. The first-order valence-electron chi connectivity index (χ1n) is 17.4. The summed E-state index contributed by atoms with van der Waals surface area (Å²) in [5, 5.41) is 31.3. The van der Waals surface area contributed by atoms with Gasteiger partial charge in [0.15, 0.2) is 0 Å². The van der Waals surface area contributed by atoms with Crippen molar-refractivity contribution in [3.63, 3.8) is 0 Å². The van der Waals surface area contributed by atoms with Gasteiger partial charge in [-0.25, -0.2) is 4.79 Å². The minimum atomic E-state index is -0.580. The van der Waals surface area contributed by atoms with Crippen LogP contribution < -0.4 is 0 Å². The minimum Gasteiger partial charge on any atom is -0.455 e. The molecule has 2 rings (SSSR count). The molecule has 7 nitrogen and oxygen atoms in total. The highest BCUT2D eigenvalue weighted by Crippen LogP contribution is 2.28. The third kappa shape index (κ3) is 16.0. The van der Waals surface area contributed by atoms with Crippen molar-refractivity contribution in [2.24, 2.45) is 0 Å². The second-order valence-corrected chi connectivity index (χ2v) is 12.9. The number of cyclic esters (lactones) is 1. The monoisotopic (exact) mass is 594 g/mol. The van der Waals surface area contributed by atoms with Crippen molar-refractivity contribution in [3.05, 3.63) is 11.6 Å². The Kier molecular flexibility index (Phi) is 19.6. The zero-order chi connectivity index (χ0) is 30.6. The van der Waals surface area contributed by atoms with E-state index in [9.17, 15) is 24.9 Å². The van der Waals surface area contributed by atoms with Gasteiger partial charge in [-0.1, -0.05) is 90.4 Å². The molecule has 2 aliphatic heterocycles. The van der Waals surface area contributed by atoms with E-state index in [1.807, 2.05) is 6.92 Å². The molecule has 0 saturated carbocycles. The maximum absolute atomic E-state index is 12.3. The summed E-state index contributed by atoms with van der Waals surface area (Å²) in [7, 11) is 0. The van der Waals surface area contributed by atoms with Gasteiger partial charge in [0.25, 0.3) is 0 Å². The summed E-state index contributed by atoms with van der Waals surface area (Å²) in [5.41, 5.74) is 0.571. The predicted molar refractivity (Wildman–Crippen MR) is 167 cm³/mol. The molecule has 244 valence electrons. The fourth-order valence-electron chi connectivity index (χ4n) is 6.29. The average Bonchev–Trinajstić information content (AvgIpc) is 3.57. The van der Waals surface area contributed by atoms with Gasteiger partial charge in [-0.2, -0.15) is 0 Å².